The van der Waals surface area contributed by atoms with Crippen LogP contribution in [0.25, 0.3) is 0 Å². The normalized spacial score (nSPS) is 11.4. The fourth-order valence-electron chi connectivity index (χ4n) is 1.24. The molecule has 0 saturated carbocycles. The Bertz CT molecular complexity index is 438. The first kappa shape index (κ1) is 14.4. The van der Waals surface area contributed by atoms with E-state index in [1.54, 1.807) is 13.8 Å². The van der Waals surface area contributed by atoms with Gasteiger partial charge in [0.1, 0.15) is 17.3 Å². The monoisotopic (exact) mass is 259 g/mol. The van der Waals surface area contributed by atoms with E-state index in [0.717, 1.165) is 12.1 Å². The van der Waals surface area contributed by atoms with Crippen molar-refractivity contribution < 1.29 is 23.4 Å². The van der Waals surface area contributed by atoms with E-state index < -0.39 is 28.8 Å². The van der Waals surface area contributed by atoms with Gasteiger partial charge < -0.3 is 15.2 Å². The van der Waals surface area contributed by atoms with Crippen molar-refractivity contribution in [1.82, 2.24) is 0 Å². The molecular formula is C12H15F2NO3. The van der Waals surface area contributed by atoms with Crippen molar-refractivity contribution in [1.29, 1.82) is 0 Å². The third kappa shape index (κ3) is 3.40. The molecule has 1 rings (SSSR count). The van der Waals surface area contributed by atoms with E-state index in [4.69, 9.17) is 9.84 Å². The van der Waals surface area contributed by atoms with E-state index in [-0.39, 0.29) is 12.2 Å². The Balaban J connectivity index is 2.94. The van der Waals surface area contributed by atoms with Crippen LogP contribution in [-0.2, 0) is 4.74 Å². The number of benzene rings is 1. The number of carboxylic acids is 1. The third-order valence-corrected chi connectivity index (χ3v) is 2.53. The molecule has 0 amide bonds. The largest absolute Gasteiger partial charge is 0.478 e. The average Bonchev–Trinajstić information content (AvgIpc) is 2.27. The molecule has 0 unspecified atom stereocenters. The van der Waals surface area contributed by atoms with Gasteiger partial charge in [-0.15, -0.1) is 0 Å². The van der Waals surface area contributed by atoms with Crippen LogP contribution in [0.1, 0.15) is 24.2 Å². The summed E-state index contributed by atoms with van der Waals surface area (Å²) in [7, 11) is 1.49. The van der Waals surface area contributed by atoms with Crippen molar-refractivity contribution in [2.24, 2.45) is 0 Å². The van der Waals surface area contributed by atoms with Gasteiger partial charge in [0.2, 0.25) is 0 Å². The van der Waals surface area contributed by atoms with Gasteiger partial charge in [-0.05, 0) is 26.0 Å². The van der Waals surface area contributed by atoms with Crippen LogP contribution in [0.15, 0.2) is 12.1 Å². The Morgan fingerprint density at radius 1 is 1.39 bits per heavy atom. The minimum Gasteiger partial charge on any atom is -0.478 e. The molecule has 0 spiro atoms. The van der Waals surface area contributed by atoms with E-state index in [1.165, 1.54) is 7.11 Å². The van der Waals surface area contributed by atoms with E-state index in [9.17, 15) is 13.6 Å². The fourth-order valence-corrected chi connectivity index (χ4v) is 1.24. The van der Waals surface area contributed by atoms with Crippen molar-refractivity contribution in [3.63, 3.8) is 0 Å². The molecule has 1 aromatic rings. The number of methoxy groups -OCH3 is 1. The van der Waals surface area contributed by atoms with E-state index >= 15 is 0 Å². The van der Waals surface area contributed by atoms with Crippen molar-refractivity contribution in [3.05, 3.63) is 29.3 Å². The Hall–Kier alpha value is -1.69. The standard InChI is InChI=1S/C12H15F2NO3/c1-12(2,18-3)6-15-10-8(13)4-7(11(16)17)5-9(10)14/h4-5,15H,6H2,1-3H3,(H,16,17). The van der Waals surface area contributed by atoms with E-state index in [1.807, 2.05) is 0 Å². The molecule has 0 radical (unpaired) electrons. The molecule has 0 fully saturated rings. The molecule has 6 heteroatoms. The summed E-state index contributed by atoms with van der Waals surface area (Å²) in [5.41, 5.74) is -1.38. The highest BCUT2D eigenvalue weighted by Gasteiger charge is 2.19. The predicted octanol–water partition coefficient (Wildman–Crippen LogP) is 2.50. The van der Waals surface area contributed by atoms with Gasteiger partial charge in [-0.25, -0.2) is 13.6 Å². The summed E-state index contributed by atoms with van der Waals surface area (Å²) in [5, 5.41) is 11.2. The van der Waals surface area contributed by atoms with Crippen LogP contribution in [0, 0.1) is 11.6 Å². The Labute approximate surface area is 104 Å². The molecule has 0 bridgehead atoms. The summed E-state index contributed by atoms with van der Waals surface area (Å²) < 4.78 is 32.2. The van der Waals surface area contributed by atoms with Crippen LogP contribution in [0.4, 0.5) is 14.5 Å². The van der Waals surface area contributed by atoms with Crippen molar-refractivity contribution in [3.8, 4) is 0 Å². The highest BCUT2D eigenvalue weighted by atomic mass is 19.1. The Morgan fingerprint density at radius 2 is 1.89 bits per heavy atom. The van der Waals surface area contributed by atoms with Crippen molar-refractivity contribution >= 4 is 11.7 Å². The molecule has 1 aromatic carbocycles. The maximum absolute atomic E-state index is 13.5. The van der Waals surface area contributed by atoms with Gasteiger partial charge in [0.25, 0.3) is 0 Å². The summed E-state index contributed by atoms with van der Waals surface area (Å²) in [5.74, 6) is -3.27. The number of carboxylic acid groups (broad SMARTS) is 1. The molecule has 0 atom stereocenters. The third-order valence-electron chi connectivity index (χ3n) is 2.53. The van der Waals surface area contributed by atoms with Gasteiger partial charge >= 0.3 is 5.97 Å². The molecule has 0 aliphatic rings. The predicted molar refractivity (Wildman–Crippen MR) is 62.9 cm³/mol. The lowest BCUT2D eigenvalue weighted by molar-refractivity contribution is 0.0342. The first-order valence-corrected chi connectivity index (χ1v) is 5.28. The molecule has 0 heterocycles. The summed E-state index contributed by atoms with van der Waals surface area (Å²) in [6.45, 7) is 3.69. The lowest BCUT2D eigenvalue weighted by Gasteiger charge is -2.24. The number of aromatic carboxylic acids is 1. The second-order valence-corrected chi connectivity index (χ2v) is 4.44. The molecule has 0 aromatic heterocycles. The molecule has 18 heavy (non-hydrogen) atoms. The quantitative estimate of drug-likeness (QED) is 0.853. The average molecular weight is 259 g/mol. The zero-order chi connectivity index (χ0) is 13.9. The summed E-state index contributed by atoms with van der Waals surface area (Å²) in [6.07, 6.45) is 0. The van der Waals surface area contributed by atoms with Crippen LogP contribution in [0.3, 0.4) is 0 Å². The van der Waals surface area contributed by atoms with Crippen molar-refractivity contribution in [2.75, 3.05) is 19.0 Å². The van der Waals surface area contributed by atoms with E-state index in [2.05, 4.69) is 5.32 Å². The summed E-state index contributed by atoms with van der Waals surface area (Å²) in [4.78, 5) is 10.6. The van der Waals surface area contributed by atoms with Crippen LogP contribution < -0.4 is 5.32 Å². The number of nitrogens with one attached hydrogen (secondary N) is 1. The van der Waals surface area contributed by atoms with Gasteiger partial charge in [0.15, 0.2) is 0 Å². The zero-order valence-electron chi connectivity index (χ0n) is 10.4. The first-order valence-electron chi connectivity index (χ1n) is 5.28. The maximum atomic E-state index is 13.5. The molecule has 100 valence electrons. The van der Waals surface area contributed by atoms with Crippen LogP contribution in [-0.4, -0.2) is 30.3 Å². The van der Waals surface area contributed by atoms with Gasteiger partial charge in [-0.2, -0.15) is 0 Å². The first-order chi connectivity index (χ1) is 8.26. The van der Waals surface area contributed by atoms with Gasteiger partial charge in [-0.3, -0.25) is 0 Å². The Morgan fingerprint density at radius 3 is 2.28 bits per heavy atom. The van der Waals surface area contributed by atoms with E-state index in [0.29, 0.717) is 0 Å². The minimum atomic E-state index is -1.38. The fraction of sp³-hybridized carbons (Fsp3) is 0.417. The molecule has 2 N–H and O–H groups in total. The smallest absolute Gasteiger partial charge is 0.335 e. The number of halogens is 2. The zero-order valence-corrected chi connectivity index (χ0v) is 10.4. The number of anilines is 1. The summed E-state index contributed by atoms with van der Waals surface area (Å²) in [6, 6.07) is 1.54. The number of rotatable bonds is 5. The molecule has 0 saturated heterocycles. The second-order valence-electron chi connectivity index (χ2n) is 4.44. The Kier molecular flexibility index (Phi) is 4.24. The van der Waals surface area contributed by atoms with Crippen LogP contribution >= 0.6 is 0 Å². The number of hydrogen-bond acceptors (Lipinski definition) is 3. The highest BCUT2D eigenvalue weighted by Crippen LogP contribution is 2.22. The van der Waals surface area contributed by atoms with Crippen LogP contribution in [0.5, 0.6) is 0 Å². The number of ether oxygens (including phenoxy) is 1. The van der Waals surface area contributed by atoms with Crippen molar-refractivity contribution in [2.45, 2.75) is 19.4 Å². The molecule has 0 aliphatic carbocycles. The second kappa shape index (κ2) is 5.30. The number of carbonyl (C=O) groups is 1. The van der Waals surface area contributed by atoms with Crippen LogP contribution in [0.2, 0.25) is 0 Å². The SMILES string of the molecule is COC(C)(C)CNc1c(F)cc(C(=O)O)cc1F. The topological polar surface area (TPSA) is 58.6 Å². The van der Waals surface area contributed by atoms with Gasteiger partial charge in [-0.1, -0.05) is 0 Å². The maximum Gasteiger partial charge on any atom is 0.335 e. The van der Waals surface area contributed by atoms with Gasteiger partial charge in [0.05, 0.1) is 11.2 Å². The number of hydrogen-bond donors (Lipinski definition) is 2. The molecule has 4 nitrogen and oxygen atoms in total. The minimum absolute atomic E-state index is 0.184. The van der Waals surface area contributed by atoms with Gasteiger partial charge in [0, 0.05) is 13.7 Å². The molecular weight excluding hydrogens is 244 g/mol. The lowest BCUT2D eigenvalue weighted by Crippen LogP contribution is -2.32. The lowest BCUT2D eigenvalue weighted by atomic mass is 10.1. The molecule has 0 aliphatic heterocycles. The highest BCUT2D eigenvalue weighted by molar-refractivity contribution is 5.88. The summed E-state index contributed by atoms with van der Waals surface area (Å²) >= 11 is 0.